The Morgan fingerprint density at radius 3 is 3.07 bits per heavy atom. The summed E-state index contributed by atoms with van der Waals surface area (Å²) in [7, 11) is 0. The lowest BCUT2D eigenvalue weighted by molar-refractivity contribution is 0.0994. The molecule has 1 aliphatic heterocycles. The number of aliphatic imine (C=N–C) groups is 1. The molecule has 76 valence electrons. The molecule has 0 aromatic carbocycles. The summed E-state index contributed by atoms with van der Waals surface area (Å²) in [5.74, 6) is -0.532. The summed E-state index contributed by atoms with van der Waals surface area (Å²) < 4.78 is 0. The van der Waals surface area contributed by atoms with Crippen LogP contribution in [-0.2, 0) is 0 Å². The molecule has 1 aromatic rings. The van der Waals surface area contributed by atoms with Gasteiger partial charge in [0.1, 0.15) is 5.69 Å². The lowest BCUT2D eigenvalue weighted by atomic mass is 10.1. The molecule has 5 heteroatoms. The van der Waals surface area contributed by atoms with Crippen LogP contribution in [0.1, 0.15) is 22.1 Å². The van der Waals surface area contributed by atoms with Crippen LogP contribution in [-0.4, -0.2) is 17.1 Å². The number of rotatable bonds is 2. The van der Waals surface area contributed by atoms with Crippen molar-refractivity contribution >= 4 is 12.1 Å². The summed E-state index contributed by atoms with van der Waals surface area (Å²) in [6, 6.07) is 3.41. The van der Waals surface area contributed by atoms with E-state index < -0.39 is 5.91 Å². The number of carbonyl (C=O) groups excluding carboxylic acids is 1. The van der Waals surface area contributed by atoms with Gasteiger partial charge in [0.05, 0.1) is 6.04 Å². The number of nitrogens with one attached hydrogen (secondary N) is 1. The van der Waals surface area contributed by atoms with Gasteiger partial charge in [-0.1, -0.05) is 6.07 Å². The molecule has 2 rings (SSSR count). The molecule has 0 saturated carbocycles. The summed E-state index contributed by atoms with van der Waals surface area (Å²) >= 11 is 0. The van der Waals surface area contributed by atoms with Crippen molar-refractivity contribution in [1.29, 1.82) is 0 Å². The molecule has 0 bridgehead atoms. The molecule has 15 heavy (non-hydrogen) atoms. The van der Waals surface area contributed by atoms with Crippen LogP contribution < -0.4 is 11.1 Å². The first-order valence-corrected chi connectivity index (χ1v) is 4.48. The first kappa shape index (κ1) is 9.39. The molecule has 1 aromatic heterocycles. The Hall–Kier alpha value is -2.17. The minimum Gasteiger partial charge on any atom is -0.378 e. The molecule has 2 heterocycles. The Morgan fingerprint density at radius 1 is 1.53 bits per heavy atom. The smallest absolute Gasteiger partial charge is 0.267 e. The van der Waals surface area contributed by atoms with E-state index in [1.165, 1.54) is 0 Å². The lowest BCUT2D eigenvalue weighted by Crippen LogP contribution is -2.24. The Kier molecular flexibility index (Phi) is 2.45. The number of amides is 1. The highest BCUT2D eigenvalue weighted by atomic mass is 16.1. The van der Waals surface area contributed by atoms with E-state index in [0.29, 0.717) is 0 Å². The van der Waals surface area contributed by atoms with E-state index in [4.69, 9.17) is 5.73 Å². The van der Waals surface area contributed by atoms with Gasteiger partial charge < -0.3 is 11.1 Å². The van der Waals surface area contributed by atoms with Gasteiger partial charge >= 0.3 is 0 Å². The quantitative estimate of drug-likeness (QED) is 0.726. The number of nitrogens with zero attached hydrogens (tertiary/aromatic N) is 2. The standard InChI is InChI=1S/C10H10N4O/c11-10(15)9-7(2-1-3-14-9)8-6-12-4-5-13-8/h1-6,8,13H,(H2,11,15). The number of hydrogen-bond acceptors (Lipinski definition) is 4. The summed E-state index contributed by atoms with van der Waals surface area (Å²) in [4.78, 5) is 19.1. The van der Waals surface area contributed by atoms with Crippen LogP contribution in [0.4, 0.5) is 0 Å². The van der Waals surface area contributed by atoms with Gasteiger partial charge in [-0.3, -0.25) is 14.8 Å². The fourth-order valence-electron chi connectivity index (χ4n) is 1.41. The summed E-state index contributed by atoms with van der Waals surface area (Å²) in [5.41, 5.74) is 6.24. The molecule has 0 saturated heterocycles. The van der Waals surface area contributed by atoms with Crippen LogP contribution in [0.25, 0.3) is 0 Å². The first-order chi connectivity index (χ1) is 7.29. The fraction of sp³-hybridized carbons (Fsp3) is 0.100. The second-order valence-corrected chi connectivity index (χ2v) is 3.06. The third kappa shape index (κ3) is 1.85. The Labute approximate surface area is 86.7 Å². The summed E-state index contributed by atoms with van der Waals surface area (Å²) in [6.07, 6.45) is 6.59. The van der Waals surface area contributed by atoms with Crippen molar-refractivity contribution < 1.29 is 4.79 Å². The van der Waals surface area contributed by atoms with Gasteiger partial charge in [-0.25, -0.2) is 0 Å². The Bertz CT molecular complexity index is 439. The van der Waals surface area contributed by atoms with Crippen LogP contribution in [0.3, 0.4) is 0 Å². The topological polar surface area (TPSA) is 80.4 Å². The molecule has 0 spiro atoms. The third-order valence-corrected chi connectivity index (χ3v) is 2.08. The number of nitrogens with two attached hydrogens (primary N) is 1. The van der Waals surface area contributed by atoms with E-state index >= 15 is 0 Å². The minimum absolute atomic E-state index is 0.147. The molecule has 0 aliphatic carbocycles. The maximum Gasteiger partial charge on any atom is 0.267 e. The highest BCUT2D eigenvalue weighted by molar-refractivity contribution is 5.93. The van der Waals surface area contributed by atoms with Gasteiger partial charge in [0.25, 0.3) is 5.91 Å². The van der Waals surface area contributed by atoms with Crippen molar-refractivity contribution in [1.82, 2.24) is 10.3 Å². The molecule has 1 atom stereocenters. The second-order valence-electron chi connectivity index (χ2n) is 3.06. The Morgan fingerprint density at radius 2 is 2.40 bits per heavy atom. The monoisotopic (exact) mass is 202 g/mol. The van der Waals surface area contributed by atoms with Crippen molar-refractivity contribution in [3.8, 4) is 0 Å². The average molecular weight is 202 g/mol. The zero-order valence-electron chi connectivity index (χ0n) is 7.92. The maximum absolute atomic E-state index is 11.1. The SMILES string of the molecule is NC(=O)c1ncccc1C1C=NC=CN1. The van der Waals surface area contributed by atoms with Crippen molar-refractivity contribution in [2.75, 3.05) is 0 Å². The molecular formula is C10H10N4O. The van der Waals surface area contributed by atoms with Crippen LogP contribution in [0.15, 0.2) is 35.7 Å². The van der Waals surface area contributed by atoms with E-state index in [1.807, 2.05) is 0 Å². The number of hydrogen-bond donors (Lipinski definition) is 2. The number of carbonyl (C=O) groups is 1. The van der Waals surface area contributed by atoms with Crippen LogP contribution in [0.5, 0.6) is 0 Å². The normalized spacial score (nSPS) is 18.5. The van der Waals surface area contributed by atoms with E-state index in [9.17, 15) is 4.79 Å². The van der Waals surface area contributed by atoms with Gasteiger partial charge in [0.2, 0.25) is 0 Å². The molecular weight excluding hydrogens is 192 g/mol. The molecule has 1 amide bonds. The van der Waals surface area contributed by atoms with Crippen molar-refractivity contribution in [2.45, 2.75) is 6.04 Å². The van der Waals surface area contributed by atoms with Crippen molar-refractivity contribution in [3.05, 3.63) is 42.0 Å². The van der Waals surface area contributed by atoms with Gasteiger partial charge in [-0.15, -0.1) is 0 Å². The van der Waals surface area contributed by atoms with Gasteiger partial charge in [-0.05, 0) is 6.07 Å². The molecule has 0 fully saturated rings. The summed E-state index contributed by atoms with van der Waals surface area (Å²) in [6.45, 7) is 0. The maximum atomic E-state index is 11.1. The van der Waals surface area contributed by atoms with Crippen LogP contribution in [0, 0.1) is 0 Å². The molecule has 3 N–H and O–H groups in total. The predicted molar refractivity (Wildman–Crippen MR) is 56.3 cm³/mol. The number of pyridine rings is 1. The molecule has 0 radical (unpaired) electrons. The fourth-order valence-corrected chi connectivity index (χ4v) is 1.41. The molecule has 1 aliphatic rings. The number of aromatic nitrogens is 1. The third-order valence-electron chi connectivity index (χ3n) is 2.08. The van der Waals surface area contributed by atoms with Crippen LogP contribution in [0.2, 0.25) is 0 Å². The zero-order chi connectivity index (χ0) is 10.7. The van der Waals surface area contributed by atoms with Crippen molar-refractivity contribution in [2.24, 2.45) is 10.7 Å². The second kappa shape index (κ2) is 3.91. The highest BCUT2D eigenvalue weighted by Gasteiger charge is 2.16. The van der Waals surface area contributed by atoms with E-state index in [2.05, 4.69) is 15.3 Å². The molecule has 1 unspecified atom stereocenters. The van der Waals surface area contributed by atoms with Gasteiger partial charge in [0, 0.05) is 30.4 Å². The lowest BCUT2D eigenvalue weighted by Gasteiger charge is -2.16. The van der Waals surface area contributed by atoms with Gasteiger partial charge in [0.15, 0.2) is 0 Å². The van der Waals surface area contributed by atoms with E-state index in [0.717, 1.165) is 5.56 Å². The van der Waals surface area contributed by atoms with Gasteiger partial charge in [-0.2, -0.15) is 0 Å². The van der Waals surface area contributed by atoms with E-state index in [1.54, 1.807) is 36.9 Å². The Balaban J connectivity index is 2.39. The predicted octanol–water partition coefficient (Wildman–Crippen LogP) is 0.367. The minimum atomic E-state index is -0.532. The van der Waals surface area contributed by atoms with Crippen LogP contribution >= 0.6 is 0 Å². The van der Waals surface area contributed by atoms with Crippen molar-refractivity contribution in [3.63, 3.8) is 0 Å². The van der Waals surface area contributed by atoms with E-state index in [-0.39, 0.29) is 11.7 Å². The largest absolute Gasteiger partial charge is 0.378 e. The zero-order valence-corrected chi connectivity index (χ0v) is 7.92. The summed E-state index contributed by atoms with van der Waals surface area (Å²) in [5, 5.41) is 3.05. The molecule has 5 nitrogen and oxygen atoms in total. The average Bonchev–Trinajstić information content (AvgIpc) is 2.30. The first-order valence-electron chi connectivity index (χ1n) is 4.48. The number of primary amides is 1. The highest BCUT2D eigenvalue weighted by Crippen LogP contribution is 2.15.